The van der Waals surface area contributed by atoms with Crippen molar-refractivity contribution >= 4 is 0 Å². The lowest BCUT2D eigenvalue weighted by Gasteiger charge is -2.26. The number of allylic oxidation sites excluding steroid dienone is 1. The van der Waals surface area contributed by atoms with E-state index in [0.29, 0.717) is 0 Å². The molecule has 0 N–H and O–H groups in total. The van der Waals surface area contributed by atoms with E-state index >= 15 is 0 Å². The second-order valence-corrected chi connectivity index (χ2v) is 6.52. The van der Waals surface area contributed by atoms with Crippen molar-refractivity contribution in [3.05, 3.63) is 12.2 Å². The number of hydrogen-bond donors (Lipinski definition) is 0. The second kappa shape index (κ2) is 5.89. The van der Waals surface area contributed by atoms with Gasteiger partial charge < -0.3 is 0 Å². The predicted octanol–water partition coefficient (Wildman–Crippen LogP) is 5.30. The van der Waals surface area contributed by atoms with Crippen LogP contribution < -0.4 is 0 Å². The van der Waals surface area contributed by atoms with Crippen LogP contribution in [0.15, 0.2) is 12.2 Å². The van der Waals surface area contributed by atoms with Crippen LogP contribution >= 0.6 is 0 Å². The molecule has 5 atom stereocenters. The highest BCUT2D eigenvalue weighted by molar-refractivity contribution is 4.89. The van der Waals surface area contributed by atoms with Crippen molar-refractivity contribution in [1.29, 1.82) is 0 Å². The SMILES string of the molecule is C=C(C)CCC(C)C(C)C(C)CC1CC1C. The van der Waals surface area contributed by atoms with Gasteiger partial charge in [0.15, 0.2) is 0 Å². The van der Waals surface area contributed by atoms with Gasteiger partial charge in [0.1, 0.15) is 0 Å². The Morgan fingerprint density at radius 3 is 2.25 bits per heavy atom. The van der Waals surface area contributed by atoms with Crippen LogP contribution in [-0.4, -0.2) is 0 Å². The van der Waals surface area contributed by atoms with Gasteiger partial charge in [-0.3, -0.25) is 0 Å². The van der Waals surface area contributed by atoms with Crippen molar-refractivity contribution in [1.82, 2.24) is 0 Å². The van der Waals surface area contributed by atoms with E-state index in [1.54, 1.807) is 0 Å². The molecule has 0 aliphatic heterocycles. The van der Waals surface area contributed by atoms with Crippen LogP contribution in [0.1, 0.15) is 60.3 Å². The summed E-state index contributed by atoms with van der Waals surface area (Å²) >= 11 is 0. The quantitative estimate of drug-likeness (QED) is 0.513. The molecule has 16 heavy (non-hydrogen) atoms. The molecule has 0 radical (unpaired) electrons. The molecule has 0 bridgehead atoms. The summed E-state index contributed by atoms with van der Waals surface area (Å²) in [7, 11) is 0. The highest BCUT2D eigenvalue weighted by atomic mass is 14.4. The number of hydrogen-bond acceptors (Lipinski definition) is 0. The van der Waals surface area contributed by atoms with Crippen LogP contribution in [0.4, 0.5) is 0 Å². The van der Waals surface area contributed by atoms with E-state index in [1.165, 1.54) is 31.3 Å². The van der Waals surface area contributed by atoms with Crippen molar-refractivity contribution in [3.63, 3.8) is 0 Å². The molecule has 0 heteroatoms. The van der Waals surface area contributed by atoms with Gasteiger partial charge in [0, 0.05) is 0 Å². The van der Waals surface area contributed by atoms with Gasteiger partial charge in [0.2, 0.25) is 0 Å². The van der Waals surface area contributed by atoms with Gasteiger partial charge in [-0.2, -0.15) is 0 Å². The molecule has 0 aromatic heterocycles. The van der Waals surface area contributed by atoms with Gasteiger partial charge >= 0.3 is 0 Å². The summed E-state index contributed by atoms with van der Waals surface area (Å²) in [5, 5.41) is 0. The zero-order chi connectivity index (χ0) is 12.3. The molecule has 0 saturated heterocycles. The third-order valence-electron chi connectivity index (χ3n) is 4.77. The Kier molecular flexibility index (Phi) is 5.08. The lowest BCUT2D eigenvalue weighted by atomic mass is 9.79. The Labute approximate surface area is 103 Å². The van der Waals surface area contributed by atoms with E-state index in [4.69, 9.17) is 0 Å². The molecule has 1 rings (SSSR count). The first-order valence-corrected chi connectivity index (χ1v) is 7.06. The smallest absolute Gasteiger partial charge is 0.0323 e. The molecule has 0 spiro atoms. The van der Waals surface area contributed by atoms with E-state index in [1.807, 2.05) is 0 Å². The summed E-state index contributed by atoms with van der Waals surface area (Å²) < 4.78 is 0. The first kappa shape index (κ1) is 13.8. The third-order valence-corrected chi connectivity index (χ3v) is 4.77. The van der Waals surface area contributed by atoms with E-state index in [-0.39, 0.29) is 0 Å². The van der Waals surface area contributed by atoms with Gasteiger partial charge in [-0.15, -0.1) is 6.58 Å². The first-order chi connectivity index (χ1) is 7.41. The standard InChI is InChI=1S/C16H30/c1-11(2)7-8-12(3)15(6)13(4)9-16-10-14(16)5/h12-16H,1,7-10H2,2-6H3. The minimum atomic E-state index is 0.848. The second-order valence-electron chi connectivity index (χ2n) is 6.52. The summed E-state index contributed by atoms with van der Waals surface area (Å²) in [5.41, 5.74) is 1.34. The summed E-state index contributed by atoms with van der Waals surface area (Å²) in [6.07, 6.45) is 5.47. The Hall–Kier alpha value is -0.260. The molecule has 1 saturated carbocycles. The average molecular weight is 222 g/mol. The van der Waals surface area contributed by atoms with Crippen LogP contribution in [0, 0.1) is 29.6 Å². The summed E-state index contributed by atoms with van der Waals surface area (Å²) in [6.45, 7) is 15.9. The van der Waals surface area contributed by atoms with E-state index in [9.17, 15) is 0 Å². The zero-order valence-corrected chi connectivity index (χ0v) is 11.9. The van der Waals surface area contributed by atoms with Crippen molar-refractivity contribution in [3.8, 4) is 0 Å². The molecular weight excluding hydrogens is 192 g/mol. The van der Waals surface area contributed by atoms with Crippen molar-refractivity contribution in [2.75, 3.05) is 0 Å². The minimum Gasteiger partial charge on any atom is -0.100 e. The van der Waals surface area contributed by atoms with Gasteiger partial charge in [-0.25, -0.2) is 0 Å². The average Bonchev–Trinajstić information content (AvgIpc) is 2.89. The van der Waals surface area contributed by atoms with Gasteiger partial charge in [0.25, 0.3) is 0 Å². The maximum Gasteiger partial charge on any atom is -0.0323 e. The zero-order valence-electron chi connectivity index (χ0n) is 11.9. The third kappa shape index (κ3) is 4.31. The van der Waals surface area contributed by atoms with Gasteiger partial charge in [-0.1, -0.05) is 33.3 Å². The van der Waals surface area contributed by atoms with Gasteiger partial charge in [0.05, 0.1) is 0 Å². The molecule has 5 unspecified atom stereocenters. The molecular formula is C16H30. The molecule has 1 aliphatic rings. The Morgan fingerprint density at radius 2 is 1.81 bits per heavy atom. The minimum absolute atomic E-state index is 0.848. The predicted molar refractivity (Wildman–Crippen MR) is 73.4 cm³/mol. The van der Waals surface area contributed by atoms with E-state index in [2.05, 4.69) is 41.2 Å². The Morgan fingerprint density at radius 1 is 1.25 bits per heavy atom. The molecule has 1 fully saturated rings. The molecule has 0 aromatic rings. The largest absolute Gasteiger partial charge is 0.100 e. The fourth-order valence-corrected chi connectivity index (χ4v) is 2.72. The Bertz CT molecular complexity index is 228. The fraction of sp³-hybridized carbons (Fsp3) is 0.875. The monoisotopic (exact) mass is 222 g/mol. The number of rotatable bonds is 7. The maximum absolute atomic E-state index is 4.00. The van der Waals surface area contributed by atoms with Gasteiger partial charge in [-0.05, 0) is 62.2 Å². The molecule has 0 aromatic carbocycles. The van der Waals surface area contributed by atoms with Crippen molar-refractivity contribution < 1.29 is 0 Å². The summed E-state index contributed by atoms with van der Waals surface area (Å²) in [5.74, 6) is 4.68. The lowest BCUT2D eigenvalue weighted by Crippen LogP contribution is -2.17. The fourth-order valence-electron chi connectivity index (χ4n) is 2.72. The van der Waals surface area contributed by atoms with Crippen LogP contribution in [0.5, 0.6) is 0 Å². The van der Waals surface area contributed by atoms with Crippen LogP contribution in [0.3, 0.4) is 0 Å². The maximum atomic E-state index is 4.00. The summed E-state index contributed by atoms with van der Waals surface area (Å²) in [6, 6.07) is 0. The highest BCUT2D eigenvalue weighted by Gasteiger charge is 2.34. The van der Waals surface area contributed by atoms with Crippen molar-refractivity contribution in [2.24, 2.45) is 29.6 Å². The summed E-state index contributed by atoms with van der Waals surface area (Å²) in [4.78, 5) is 0. The van der Waals surface area contributed by atoms with Crippen molar-refractivity contribution in [2.45, 2.75) is 60.3 Å². The van der Waals surface area contributed by atoms with Crippen LogP contribution in [0.2, 0.25) is 0 Å². The Balaban J connectivity index is 2.25. The molecule has 0 amide bonds. The normalized spacial score (nSPS) is 29.6. The molecule has 1 aliphatic carbocycles. The van der Waals surface area contributed by atoms with Crippen LogP contribution in [0.25, 0.3) is 0 Å². The van der Waals surface area contributed by atoms with E-state index in [0.717, 1.165) is 29.6 Å². The topological polar surface area (TPSA) is 0 Å². The molecule has 0 heterocycles. The lowest BCUT2D eigenvalue weighted by molar-refractivity contribution is 0.244. The van der Waals surface area contributed by atoms with E-state index < -0.39 is 0 Å². The van der Waals surface area contributed by atoms with Crippen LogP contribution in [-0.2, 0) is 0 Å². The molecule has 94 valence electrons. The highest BCUT2D eigenvalue weighted by Crippen LogP contribution is 2.44. The first-order valence-electron chi connectivity index (χ1n) is 7.06. The molecule has 0 nitrogen and oxygen atoms in total.